The van der Waals surface area contributed by atoms with Gasteiger partial charge in [-0.1, -0.05) is 24.3 Å². The first kappa shape index (κ1) is 15.3. The van der Waals surface area contributed by atoms with E-state index in [4.69, 9.17) is 14.2 Å². The van der Waals surface area contributed by atoms with Crippen molar-refractivity contribution >= 4 is 16.7 Å². The van der Waals surface area contributed by atoms with Gasteiger partial charge in [0.1, 0.15) is 5.75 Å². The normalized spacial score (nSPS) is 12.1. The molecular formula is C17H20O4. The third-order valence-corrected chi connectivity index (χ3v) is 3.32. The monoisotopic (exact) mass is 288 g/mol. The van der Waals surface area contributed by atoms with Crippen LogP contribution in [0.15, 0.2) is 36.4 Å². The number of methoxy groups -OCH3 is 1. The van der Waals surface area contributed by atoms with Crippen LogP contribution in [-0.4, -0.2) is 26.5 Å². The van der Waals surface area contributed by atoms with E-state index in [1.165, 1.54) is 0 Å². The number of fused-ring (bicyclic) bond motifs is 1. The zero-order valence-electron chi connectivity index (χ0n) is 12.6. The highest BCUT2D eigenvalue weighted by Gasteiger charge is 2.16. The van der Waals surface area contributed by atoms with E-state index in [1.807, 2.05) is 50.2 Å². The zero-order valence-corrected chi connectivity index (χ0v) is 12.6. The van der Waals surface area contributed by atoms with E-state index in [-0.39, 0.29) is 18.7 Å². The summed E-state index contributed by atoms with van der Waals surface area (Å²) in [4.78, 5) is 11.8. The van der Waals surface area contributed by atoms with Crippen molar-refractivity contribution in [2.24, 2.45) is 0 Å². The van der Waals surface area contributed by atoms with Crippen molar-refractivity contribution in [2.75, 3.05) is 20.5 Å². The number of carbonyl (C=O) groups is 1. The highest BCUT2D eigenvalue weighted by molar-refractivity contribution is 5.86. The van der Waals surface area contributed by atoms with Crippen LogP contribution in [0.4, 0.5) is 0 Å². The van der Waals surface area contributed by atoms with Crippen LogP contribution in [0.2, 0.25) is 0 Å². The molecule has 2 aromatic carbocycles. The number of esters is 1. The van der Waals surface area contributed by atoms with Gasteiger partial charge in [-0.3, -0.25) is 4.79 Å². The fourth-order valence-electron chi connectivity index (χ4n) is 2.13. The molecule has 0 radical (unpaired) electrons. The molecule has 2 rings (SSSR count). The van der Waals surface area contributed by atoms with Gasteiger partial charge >= 0.3 is 5.97 Å². The molecule has 0 bridgehead atoms. The van der Waals surface area contributed by atoms with Gasteiger partial charge in [0, 0.05) is 7.11 Å². The fourth-order valence-corrected chi connectivity index (χ4v) is 2.13. The fraction of sp³-hybridized carbons (Fsp3) is 0.353. The van der Waals surface area contributed by atoms with E-state index >= 15 is 0 Å². The molecule has 0 amide bonds. The van der Waals surface area contributed by atoms with E-state index < -0.39 is 0 Å². The van der Waals surface area contributed by atoms with Gasteiger partial charge in [-0.15, -0.1) is 0 Å². The first-order valence-corrected chi connectivity index (χ1v) is 6.97. The molecule has 0 saturated carbocycles. The maximum atomic E-state index is 11.8. The minimum Gasteiger partial charge on any atom is -0.468 e. The summed E-state index contributed by atoms with van der Waals surface area (Å²) in [5.74, 6) is 0.297. The Kier molecular flexibility index (Phi) is 5.17. The van der Waals surface area contributed by atoms with Crippen LogP contribution in [0.25, 0.3) is 10.8 Å². The molecule has 0 saturated heterocycles. The first-order chi connectivity index (χ1) is 10.2. The highest BCUT2D eigenvalue weighted by Crippen LogP contribution is 2.25. The predicted molar refractivity (Wildman–Crippen MR) is 81.5 cm³/mol. The van der Waals surface area contributed by atoms with Crippen LogP contribution in [0, 0.1) is 0 Å². The Bertz CT molecular complexity index is 621. The topological polar surface area (TPSA) is 44.8 Å². The predicted octanol–water partition coefficient (Wildman–Crippen LogP) is 3.49. The van der Waals surface area contributed by atoms with Crippen LogP contribution >= 0.6 is 0 Å². The van der Waals surface area contributed by atoms with Gasteiger partial charge in [0.25, 0.3) is 0 Å². The van der Waals surface area contributed by atoms with Gasteiger partial charge in [0.15, 0.2) is 6.79 Å². The Morgan fingerprint density at radius 3 is 2.57 bits per heavy atom. The van der Waals surface area contributed by atoms with Gasteiger partial charge in [0.05, 0.1) is 12.5 Å². The van der Waals surface area contributed by atoms with Crippen LogP contribution in [0.5, 0.6) is 5.75 Å². The summed E-state index contributed by atoms with van der Waals surface area (Å²) in [5, 5.41) is 2.12. The second kappa shape index (κ2) is 7.09. The molecule has 4 nitrogen and oxygen atoms in total. The zero-order chi connectivity index (χ0) is 15.2. The molecule has 1 unspecified atom stereocenters. The molecule has 0 aliphatic heterocycles. The minimum absolute atomic E-state index is 0.197. The van der Waals surface area contributed by atoms with Crippen LogP contribution in [-0.2, 0) is 14.3 Å². The maximum Gasteiger partial charge on any atom is 0.313 e. The lowest BCUT2D eigenvalue weighted by Gasteiger charge is -2.12. The quantitative estimate of drug-likeness (QED) is 0.603. The van der Waals surface area contributed by atoms with Gasteiger partial charge in [-0.2, -0.15) is 0 Å². The standard InChI is InChI=1S/C17H20O4/c1-4-20-17(18)12(2)13-5-6-15-10-16(21-11-19-3)8-7-14(15)9-13/h5-10,12H,4,11H2,1-3H3. The average molecular weight is 288 g/mol. The SMILES string of the molecule is CCOC(=O)C(C)c1ccc2cc(OCOC)ccc2c1. The van der Waals surface area contributed by atoms with Crippen molar-refractivity contribution in [3.05, 3.63) is 42.0 Å². The summed E-state index contributed by atoms with van der Waals surface area (Å²) in [7, 11) is 1.59. The van der Waals surface area contributed by atoms with E-state index in [9.17, 15) is 4.79 Å². The lowest BCUT2D eigenvalue weighted by Crippen LogP contribution is -2.12. The van der Waals surface area contributed by atoms with Crippen molar-refractivity contribution in [3.8, 4) is 5.75 Å². The summed E-state index contributed by atoms with van der Waals surface area (Å²) in [6, 6.07) is 11.8. The van der Waals surface area contributed by atoms with E-state index in [2.05, 4.69) is 0 Å². The molecule has 0 N–H and O–H groups in total. The Labute approximate surface area is 124 Å². The maximum absolute atomic E-state index is 11.8. The molecule has 0 spiro atoms. The summed E-state index contributed by atoms with van der Waals surface area (Å²) in [6.07, 6.45) is 0. The second-order valence-corrected chi connectivity index (χ2v) is 4.79. The number of hydrogen-bond acceptors (Lipinski definition) is 4. The molecule has 0 aromatic heterocycles. The van der Waals surface area contributed by atoms with Gasteiger partial charge in [-0.05, 0) is 42.3 Å². The van der Waals surface area contributed by atoms with E-state index in [0.717, 1.165) is 22.1 Å². The van der Waals surface area contributed by atoms with Crippen molar-refractivity contribution in [1.29, 1.82) is 0 Å². The first-order valence-electron chi connectivity index (χ1n) is 6.97. The molecule has 0 heterocycles. The molecular weight excluding hydrogens is 268 g/mol. The van der Waals surface area contributed by atoms with Crippen molar-refractivity contribution in [2.45, 2.75) is 19.8 Å². The smallest absolute Gasteiger partial charge is 0.313 e. The third-order valence-electron chi connectivity index (χ3n) is 3.32. The number of ether oxygens (including phenoxy) is 3. The Morgan fingerprint density at radius 2 is 1.86 bits per heavy atom. The minimum atomic E-state index is -0.265. The summed E-state index contributed by atoms with van der Waals surface area (Å²) < 4.78 is 15.4. The van der Waals surface area contributed by atoms with Crippen molar-refractivity contribution < 1.29 is 19.0 Å². The lowest BCUT2D eigenvalue weighted by molar-refractivity contribution is -0.144. The van der Waals surface area contributed by atoms with E-state index in [1.54, 1.807) is 7.11 Å². The number of benzene rings is 2. The third kappa shape index (κ3) is 3.73. The van der Waals surface area contributed by atoms with Gasteiger partial charge in [-0.25, -0.2) is 0 Å². The molecule has 0 aliphatic rings. The Morgan fingerprint density at radius 1 is 1.14 bits per heavy atom. The van der Waals surface area contributed by atoms with Gasteiger partial charge in [0.2, 0.25) is 0 Å². The Balaban J connectivity index is 2.24. The largest absolute Gasteiger partial charge is 0.468 e. The van der Waals surface area contributed by atoms with Crippen molar-refractivity contribution in [1.82, 2.24) is 0 Å². The number of carbonyl (C=O) groups excluding carboxylic acids is 1. The summed E-state index contributed by atoms with van der Waals surface area (Å²) in [6.45, 7) is 4.29. The molecule has 112 valence electrons. The highest BCUT2D eigenvalue weighted by atomic mass is 16.7. The van der Waals surface area contributed by atoms with Crippen LogP contribution in [0.1, 0.15) is 25.3 Å². The number of rotatable bonds is 6. The second-order valence-electron chi connectivity index (χ2n) is 4.79. The number of hydrogen-bond donors (Lipinski definition) is 0. The molecule has 21 heavy (non-hydrogen) atoms. The molecule has 4 heteroatoms. The Hall–Kier alpha value is -2.07. The van der Waals surface area contributed by atoms with Crippen LogP contribution in [0.3, 0.4) is 0 Å². The van der Waals surface area contributed by atoms with Gasteiger partial charge < -0.3 is 14.2 Å². The summed E-state index contributed by atoms with van der Waals surface area (Å²) in [5.41, 5.74) is 0.950. The molecule has 2 aromatic rings. The molecule has 1 atom stereocenters. The molecule has 0 aliphatic carbocycles. The average Bonchev–Trinajstić information content (AvgIpc) is 2.51. The van der Waals surface area contributed by atoms with E-state index in [0.29, 0.717) is 6.61 Å². The molecule has 0 fully saturated rings. The van der Waals surface area contributed by atoms with Crippen LogP contribution < -0.4 is 4.74 Å². The summed E-state index contributed by atoms with van der Waals surface area (Å²) >= 11 is 0. The van der Waals surface area contributed by atoms with Crippen molar-refractivity contribution in [3.63, 3.8) is 0 Å². The lowest BCUT2D eigenvalue weighted by atomic mass is 9.98.